The van der Waals surface area contributed by atoms with Crippen molar-refractivity contribution in [1.29, 1.82) is 0 Å². The summed E-state index contributed by atoms with van der Waals surface area (Å²) in [7, 11) is 1.61. The molecule has 3 aromatic rings. The summed E-state index contributed by atoms with van der Waals surface area (Å²) in [5, 5.41) is 4.01. The second-order valence-electron chi connectivity index (χ2n) is 5.87. The number of furan rings is 1. The van der Waals surface area contributed by atoms with Crippen molar-refractivity contribution in [3.05, 3.63) is 60.2 Å². The maximum atomic E-state index is 12.3. The van der Waals surface area contributed by atoms with Gasteiger partial charge in [0.1, 0.15) is 17.3 Å². The molecule has 0 aliphatic heterocycles. The lowest BCUT2D eigenvalue weighted by molar-refractivity contribution is -0.124. The normalized spacial score (nSPS) is 12.3. The maximum Gasteiger partial charge on any atom is 0.223 e. The predicted molar refractivity (Wildman–Crippen MR) is 91.8 cm³/mol. The molecule has 0 saturated carbocycles. The monoisotopic (exact) mass is 324 g/mol. The number of pyridine rings is 1. The number of carbonyl (C=O) groups excluding carboxylic acids is 1. The molecule has 1 atom stereocenters. The highest BCUT2D eigenvalue weighted by Gasteiger charge is 2.25. The molecular weight excluding hydrogens is 304 g/mol. The number of aromatic nitrogens is 1. The van der Waals surface area contributed by atoms with Crippen molar-refractivity contribution < 1.29 is 13.9 Å². The number of fused-ring (bicyclic) bond motifs is 1. The minimum absolute atomic E-state index is 0.0560. The van der Waals surface area contributed by atoms with E-state index in [-0.39, 0.29) is 11.8 Å². The molecule has 3 rings (SSSR count). The molecule has 1 N–H and O–H groups in total. The molecule has 1 aromatic carbocycles. The number of methoxy groups -OCH3 is 1. The van der Waals surface area contributed by atoms with Gasteiger partial charge in [-0.1, -0.05) is 32.0 Å². The topological polar surface area (TPSA) is 64.4 Å². The van der Waals surface area contributed by atoms with Crippen molar-refractivity contribution in [2.45, 2.75) is 19.9 Å². The van der Waals surface area contributed by atoms with Gasteiger partial charge in [-0.3, -0.25) is 9.78 Å². The van der Waals surface area contributed by atoms with Gasteiger partial charge in [0.05, 0.1) is 13.4 Å². The molecule has 0 spiro atoms. The summed E-state index contributed by atoms with van der Waals surface area (Å²) >= 11 is 0. The SMILES string of the molecule is COc1c(C(NC(=O)C(C)C)c2ccco2)ccc2cccnc12. The smallest absolute Gasteiger partial charge is 0.223 e. The lowest BCUT2D eigenvalue weighted by Crippen LogP contribution is -2.32. The second-order valence-corrected chi connectivity index (χ2v) is 5.87. The van der Waals surface area contributed by atoms with E-state index in [0.717, 1.165) is 16.5 Å². The molecule has 0 aliphatic rings. The molecule has 2 aromatic heterocycles. The molecule has 5 heteroatoms. The highest BCUT2D eigenvalue weighted by atomic mass is 16.5. The van der Waals surface area contributed by atoms with E-state index in [4.69, 9.17) is 9.15 Å². The number of amides is 1. The van der Waals surface area contributed by atoms with Crippen LogP contribution in [0.15, 0.2) is 53.3 Å². The molecule has 124 valence electrons. The number of carbonyl (C=O) groups is 1. The Morgan fingerprint density at radius 1 is 1.21 bits per heavy atom. The Hall–Kier alpha value is -2.82. The van der Waals surface area contributed by atoms with Crippen LogP contribution >= 0.6 is 0 Å². The zero-order valence-corrected chi connectivity index (χ0v) is 13.9. The van der Waals surface area contributed by atoms with Gasteiger partial charge >= 0.3 is 0 Å². The summed E-state index contributed by atoms with van der Waals surface area (Å²) in [4.78, 5) is 16.7. The number of nitrogens with one attached hydrogen (secondary N) is 1. The molecule has 1 amide bonds. The minimum atomic E-state index is -0.434. The third-order valence-electron chi connectivity index (χ3n) is 3.91. The molecule has 0 fully saturated rings. The van der Waals surface area contributed by atoms with Crippen LogP contribution in [-0.2, 0) is 4.79 Å². The van der Waals surface area contributed by atoms with Crippen molar-refractivity contribution in [3.8, 4) is 5.75 Å². The third-order valence-corrected chi connectivity index (χ3v) is 3.91. The Kier molecular flexibility index (Phi) is 4.51. The fraction of sp³-hybridized carbons (Fsp3) is 0.263. The van der Waals surface area contributed by atoms with Gasteiger partial charge in [0.25, 0.3) is 0 Å². The van der Waals surface area contributed by atoms with Crippen LogP contribution in [0.1, 0.15) is 31.2 Å². The molecule has 0 radical (unpaired) electrons. The average Bonchev–Trinajstić information content (AvgIpc) is 3.12. The summed E-state index contributed by atoms with van der Waals surface area (Å²) < 4.78 is 11.2. The van der Waals surface area contributed by atoms with E-state index >= 15 is 0 Å². The number of ether oxygens (including phenoxy) is 1. The van der Waals surface area contributed by atoms with Crippen LogP contribution in [0.4, 0.5) is 0 Å². The Labute approximate surface area is 140 Å². The van der Waals surface area contributed by atoms with Gasteiger partial charge in [0.15, 0.2) is 5.75 Å². The van der Waals surface area contributed by atoms with Crippen LogP contribution in [-0.4, -0.2) is 18.0 Å². The van der Waals surface area contributed by atoms with Gasteiger partial charge in [-0.25, -0.2) is 0 Å². The highest BCUT2D eigenvalue weighted by molar-refractivity contribution is 5.86. The van der Waals surface area contributed by atoms with Gasteiger partial charge < -0.3 is 14.5 Å². The van der Waals surface area contributed by atoms with Crippen LogP contribution in [0.25, 0.3) is 10.9 Å². The maximum absolute atomic E-state index is 12.3. The van der Waals surface area contributed by atoms with Gasteiger partial charge in [-0.15, -0.1) is 0 Å². The predicted octanol–water partition coefficient (Wildman–Crippen LogP) is 3.70. The lowest BCUT2D eigenvalue weighted by atomic mass is 10.00. The van der Waals surface area contributed by atoms with E-state index in [0.29, 0.717) is 11.5 Å². The van der Waals surface area contributed by atoms with Crippen molar-refractivity contribution in [2.75, 3.05) is 7.11 Å². The summed E-state index contributed by atoms with van der Waals surface area (Å²) in [5.74, 6) is 1.10. The van der Waals surface area contributed by atoms with Crippen LogP contribution in [0, 0.1) is 5.92 Å². The highest BCUT2D eigenvalue weighted by Crippen LogP contribution is 2.35. The molecular formula is C19H20N2O3. The fourth-order valence-electron chi connectivity index (χ4n) is 2.64. The molecule has 2 heterocycles. The number of rotatable bonds is 5. The van der Waals surface area contributed by atoms with Gasteiger partial charge in [-0.05, 0) is 18.2 Å². The van der Waals surface area contributed by atoms with Crippen molar-refractivity contribution in [2.24, 2.45) is 5.92 Å². The Morgan fingerprint density at radius 3 is 2.71 bits per heavy atom. The Balaban J connectivity index is 2.14. The average molecular weight is 324 g/mol. The number of hydrogen-bond donors (Lipinski definition) is 1. The largest absolute Gasteiger partial charge is 0.494 e. The summed E-state index contributed by atoms with van der Waals surface area (Å²) in [6.45, 7) is 3.71. The number of hydrogen-bond acceptors (Lipinski definition) is 4. The van der Waals surface area contributed by atoms with Crippen LogP contribution in [0.2, 0.25) is 0 Å². The lowest BCUT2D eigenvalue weighted by Gasteiger charge is -2.21. The molecule has 0 saturated heterocycles. The molecule has 5 nitrogen and oxygen atoms in total. The Morgan fingerprint density at radius 2 is 2.04 bits per heavy atom. The molecule has 1 unspecified atom stereocenters. The summed E-state index contributed by atoms with van der Waals surface area (Å²) in [5.41, 5.74) is 1.57. The molecule has 24 heavy (non-hydrogen) atoms. The van der Waals surface area contributed by atoms with Gasteiger partial charge in [0, 0.05) is 23.1 Å². The van der Waals surface area contributed by atoms with E-state index in [1.165, 1.54) is 0 Å². The minimum Gasteiger partial charge on any atom is -0.494 e. The van der Waals surface area contributed by atoms with Crippen LogP contribution < -0.4 is 10.1 Å². The zero-order valence-electron chi connectivity index (χ0n) is 13.9. The number of nitrogens with zero attached hydrogens (tertiary/aromatic N) is 1. The quantitative estimate of drug-likeness (QED) is 0.777. The van der Waals surface area contributed by atoms with Gasteiger partial charge in [-0.2, -0.15) is 0 Å². The van der Waals surface area contributed by atoms with E-state index in [1.807, 2.05) is 44.2 Å². The van der Waals surface area contributed by atoms with E-state index in [2.05, 4.69) is 10.3 Å². The summed E-state index contributed by atoms with van der Waals surface area (Å²) in [6.07, 6.45) is 3.32. The van der Waals surface area contributed by atoms with Crippen molar-refractivity contribution >= 4 is 16.8 Å². The molecule has 0 aliphatic carbocycles. The first kappa shape index (κ1) is 16.1. The van der Waals surface area contributed by atoms with Gasteiger partial charge in [0.2, 0.25) is 5.91 Å². The standard InChI is InChI=1S/C19H20N2O3/c1-12(2)19(22)21-17(15-7-5-11-24-15)14-9-8-13-6-4-10-20-16(13)18(14)23-3/h4-12,17H,1-3H3,(H,21,22). The third kappa shape index (κ3) is 2.97. The summed E-state index contributed by atoms with van der Waals surface area (Å²) in [6, 6.07) is 11.0. The van der Waals surface area contributed by atoms with Crippen molar-refractivity contribution in [1.82, 2.24) is 10.3 Å². The van der Waals surface area contributed by atoms with E-state index in [1.54, 1.807) is 25.6 Å². The second kappa shape index (κ2) is 6.74. The molecule has 0 bridgehead atoms. The first-order valence-corrected chi connectivity index (χ1v) is 7.87. The zero-order chi connectivity index (χ0) is 17.1. The number of benzene rings is 1. The first-order valence-electron chi connectivity index (χ1n) is 7.87. The Bertz CT molecular complexity index is 841. The van der Waals surface area contributed by atoms with E-state index < -0.39 is 6.04 Å². The van der Waals surface area contributed by atoms with Crippen molar-refractivity contribution in [3.63, 3.8) is 0 Å². The fourth-order valence-corrected chi connectivity index (χ4v) is 2.64. The first-order chi connectivity index (χ1) is 11.6. The van der Waals surface area contributed by atoms with Crippen LogP contribution in [0.3, 0.4) is 0 Å². The van der Waals surface area contributed by atoms with Crippen LogP contribution in [0.5, 0.6) is 5.75 Å². The van der Waals surface area contributed by atoms with E-state index in [9.17, 15) is 4.79 Å².